The molecule has 0 radical (unpaired) electrons. The number of hydrogen-bond acceptors (Lipinski definition) is 5. The number of carbonyl (C=O) groups is 3. The van der Waals surface area contributed by atoms with Gasteiger partial charge in [0.05, 0.1) is 10.9 Å². The molecule has 1 unspecified atom stereocenters. The summed E-state index contributed by atoms with van der Waals surface area (Å²) in [5.41, 5.74) is 6.05. The van der Waals surface area contributed by atoms with Gasteiger partial charge in [-0.25, -0.2) is 4.79 Å². The molecule has 6 rings (SSSR count). The first-order valence-electron chi connectivity index (χ1n) is 11.8. The largest absolute Gasteiger partial charge is 0.417 e. The number of para-hydroxylation sites is 1. The lowest BCUT2D eigenvalue weighted by molar-refractivity contribution is -0.120. The molecule has 0 saturated heterocycles. The summed E-state index contributed by atoms with van der Waals surface area (Å²) in [6.07, 6.45) is 1.24. The zero-order valence-corrected chi connectivity index (χ0v) is 19.6. The van der Waals surface area contributed by atoms with E-state index in [1.54, 1.807) is 13.0 Å². The molecule has 0 bridgehead atoms. The van der Waals surface area contributed by atoms with E-state index in [9.17, 15) is 19.2 Å². The fourth-order valence-electron chi connectivity index (χ4n) is 5.46. The Labute approximate surface area is 205 Å². The number of hydrogen-bond donors (Lipinski definition) is 3. The number of ketones is 1. The van der Waals surface area contributed by atoms with Gasteiger partial charge in [0.25, 0.3) is 0 Å². The standard InChI is InChI=1S/C28H23N3O5/c1-15-10-17(12-23-25(15)31-27(35)36-23)22(32)8-9-24(33)29-19-7-6-16-13-28(14-18(16)11-19)20-4-2-3-5-21(20)30-26(28)34/h2-7,10-12H,8-9,13-14H2,1H3,(H,29,33)(H,30,34)(H,31,35). The second-order valence-corrected chi connectivity index (χ2v) is 9.57. The lowest BCUT2D eigenvalue weighted by Crippen LogP contribution is -2.35. The molecule has 2 heterocycles. The Balaban J connectivity index is 1.13. The van der Waals surface area contributed by atoms with Crippen molar-refractivity contribution in [3.63, 3.8) is 0 Å². The van der Waals surface area contributed by atoms with Crippen LogP contribution in [-0.4, -0.2) is 22.6 Å². The number of fused-ring (bicyclic) bond motifs is 4. The Morgan fingerprint density at radius 3 is 2.67 bits per heavy atom. The van der Waals surface area contributed by atoms with Crippen LogP contribution in [0.3, 0.4) is 0 Å². The monoisotopic (exact) mass is 481 g/mol. The van der Waals surface area contributed by atoms with E-state index in [1.165, 1.54) is 6.07 Å². The maximum Gasteiger partial charge on any atom is 0.417 e. The molecule has 8 nitrogen and oxygen atoms in total. The molecular weight excluding hydrogens is 458 g/mol. The molecule has 8 heteroatoms. The molecule has 2 amide bonds. The van der Waals surface area contributed by atoms with Crippen LogP contribution in [0.25, 0.3) is 11.1 Å². The number of benzene rings is 3. The van der Waals surface area contributed by atoms with Crippen molar-refractivity contribution in [3.8, 4) is 0 Å². The number of carbonyl (C=O) groups excluding carboxylic acids is 3. The van der Waals surface area contributed by atoms with Gasteiger partial charge in [-0.3, -0.25) is 19.4 Å². The highest BCUT2D eigenvalue weighted by molar-refractivity contribution is 6.07. The van der Waals surface area contributed by atoms with Gasteiger partial charge in [0.1, 0.15) is 0 Å². The highest BCUT2D eigenvalue weighted by Crippen LogP contribution is 2.47. The molecule has 0 saturated carbocycles. The summed E-state index contributed by atoms with van der Waals surface area (Å²) in [4.78, 5) is 52.2. The number of nitrogens with one attached hydrogen (secondary N) is 3. The molecule has 180 valence electrons. The lowest BCUT2D eigenvalue weighted by atomic mass is 9.79. The summed E-state index contributed by atoms with van der Waals surface area (Å²) in [6, 6.07) is 16.7. The first-order valence-corrected chi connectivity index (χ1v) is 11.8. The molecule has 0 fully saturated rings. The van der Waals surface area contributed by atoms with Crippen LogP contribution >= 0.6 is 0 Å². The molecule has 1 spiro atoms. The van der Waals surface area contributed by atoms with Crippen molar-refractivity contribution in [2.75, 3.05) is 10.6 Å². The van der Waals surface area contributed by atoms with Crippen molar-refractivity contribution in [1.82, 2.24) is 4.98 Å². The van der Waals surface area contributed by atoms with Crippen LogP contribution in [0.4, 0.5) is 11.4 Å². The Morgan fingerprint density at radius 2 is 1.81 bits per heavy atom. The fourth-order valence-corrected chi connectivity index (χ4v) is 5.46. The summed E-state index contributed by atoms with van der Waals surface area (Å²) in [6.45, 7) is 1.78. The SMILES string of the molecule is Cc1cc(C(=O)CCC(=O)Nc2ccc3c(c2)CC2(C3)C(=O)Nc3ccccc32)cc2oc(=O)[nH]c12. The molecule has 4 aromatic rings. The molecule has 3 N–H and O–H groups in total. The quantitative estimate of drug-likeness (QED) is 0.372. The number of rotatable bonds is 5. The van der Waals surface area contributed by atoms with Gasteiger partial charge in [0.2, 0.25) is 11.8 Å². The van der Waals surface area contributed by atoms with Gasteiger partial charge in [0.15, 0.2) is 11.4 Å². The highest BCUT2D eigenvalue weighted by Gasteiger charge is 2.50. The van der Waals surface area contributed by atoms with Crippen LogP contribution in [0.2, 0.25) is 0 Å². The van der Waals surface area contributed by atoms with Crippen molar-refractivity contribution >= 4 is 40.1 Å². The number of aromatic nitrogens is 1. The Morgan fingerprint density at radius 1 is 1.00 bits per heavy atom. The topological polar surface area (TPSA) is 121 Å². The number of aromatic amines is 1. The first-order chi connectivity index (χ1) is 17.3. The molecule has 3 aromatic carbocycles. The van der Waals surface area contributed by atoms with Crippen LogP contribution in [0, 0.1) is 6.92 Å². The van der Waals surface area contributed by atoms with Gasteiger partial charge in [0, 0.05) is 29.8 Å². The van der Waals surface area contributed by atoms with Crippen LogP contribution in [0.15, 0.2) is 63.8 Å². The van der Waals surface area contributed by atoms with Crippen molar-refractivity contribution in [3.05, 3.63) is 93.0 Å². The fraction of sp³-hybridized carbons (Fsp3) is 0.214. The van der Waals surface area contributed by atoms with Gasteiger partial charge in [-0.1, -0.05) is 24.3 Å². The number of anilines is 2. The number of oxazole rings is 1. The van der Waals surface area contributed by atoms with Gasteiger partial charge in [-0.2, -0.15) is 0 Å². The number of amides is 2. The lowest BCUT2D eigenvalue weighted by Gasteiger charge is -2.20. The minimum Gasteiger partial charge on any atom is -0.408 e. The number of aryl methyl sites for hydroxylation is 1. The smallest absolute Gasteiger partial charge is 0.408 e. The summed E-state index contributed by atoms with van der Waals surface area (Å²) in [7, 11) is 0. The van der Waals surface area contributed by atoms with E-state index in [2.05, 4.69) is 15.6 Å². The normalized spacial score (nSPS) is 17.8. The maximum absolute atomic E-state index is 12.9. The van der Waals surface area contributed by atoms with Gasteiger partial charge in [-0.15, -0.1) is 0 Å². The highest BCUT2D eigenvalue weighted by atomic mass is 16.4. The van der Waals surface area contributed by atoms with Gasteiger partial charge >= 0.3 is 5.76 Å². The third-order valence-electron chi connectivity index (χ3n) is 7.23. The van der Waals surface area contributed by atoms with Crippen LogP contribution in [0.1, 0.15) is 45.5 Å². The zero-order chi connectivity index (χ0) is 25.0. The van der Waals surface area contributed by atoms with E-state index in [4.69, 9.17) is 4.42 Å². The second-order valence-electron chi connectivity index (χ2n) is 9.57. The second kappa shape index (κ2) is 8.05. The molecule has 1 aliphatic carbocycles. The number of H-pyrrole nitrogens is 1. The Hall–Kier alpha value is -4.46. The Kier molecular flexibility index (Phi) is 4.93. The average molecular weight is 482 g/mol. The Bertz CT molecular complexity index is 1650. The van der Waals surface area contributed by atoms with E-state index in [0.717, 1.165) is 27.9 Å². The zero-order valence-electron chi connectivity index (χ0n) is 19.6. The van der Waals surface area contributed by atoms with Crippen LogP contribution in [0.5, 0.6) is 0 Å². The van der Waals surface area contributed by atoms with Crippen molar-refractivity contribution in [2.24, 2.45) is 0 Å². The summed E-state index contributed by atoms with van der Waals surface area (Å²) < 4.78 is 5.07. The van der Waals surface area contributed by atoms with Crippen molar-refractivity contribution < 1.29 is 18.8 Å². The minimum absolute atomic E-state index is 0.0105. The summed E-state index contributed by atoms with van der Waals surface area (Å²) >= 11 is 0. The van der Waals surface area contributed by atoms with Crippen LogP contribution < -0.4 is 16.4 Å². The van der Waals surface area contributed by atoms with Crippen molar-refractivity contribution in [1.29, 1.82) is 0 Å². The summed E-state index contributed by atoms with van der Waals surface area (Å²) in [5.74, 6) is -1.04. The third-order valence-corrected chi connectivity index (χ3v) is 7.23. The minimum atomic E-state index is -0.605. The third kappa shape index (κ3) is 3.53. The molecule has 36 heavy (non-hydrogen) atoms. The van der Waals surface area contributed by atoms with E-state index in [-0.39, 0.29) is 30.4 Å². The van der Waals surface area contributed by atoms with E-state index >= 15 is 0 Å². The van der Waals surface area contributed by atoms with E-state index in [1.807, 2.05) is 42.5 Å². The van der Waals surface area contributed by atoms with Gasteiger partial charge in [-0.05, 0) is 72.4 Å². The molecule has 2 aliphatic rings. The predicted molar refractivity (Wildman–Crippen MR) is 134 cm³/mol. The molecule has 1 atom stereocenters. The van der Waals surface area contributed by atoms with Gasteiger partial charge < -0.3 is 15.1 Å². The van der Waals surface area contributed by atoms with E-state index in [0.29, 0.717) is 35.2 Å². The maximum atomic E-state index is 12.9. The predicted octanol–water partition coefficient (Wildman–Crippen LogP) is 4.02. The van der Waals surface area contributed by atoms with Crippen molar-refractivity contribution in [2.45, 2.75) is 38.0 Å². The van der Waals surface area contributed by atoms with E-state index < -0.39 is 11.2 Å². The number of Topliss-reactive ketones (excluding diaryl/α,β-unsaturated/α-hetero) is 1. The molecule has 1 aliphatic heterocycles. The molecule has 1 aromatic heterocycles. The average Bonchev–Trinajstić information content (AvgIpc) is 3.50. The molecular formula is C28H23N3O5. The first kappa shape index (κ1) is 22.0. The van der Waals surface area contributed by atoms with Crippen LogP contribution in [-0.2, 0) is 27.8 Å². The summed E-state index contributed by atoms with van der Waals surface area (Å²) in [5, 5.41) is 5.88.